The standard InChI is InChI=1S/C22H16Cl2FN3O2/c23-14-8-9-20(17(24)10-14)30-13-21-27-18-6-1-2-7-19(18)28(21)12-22(29)26-16-5-3-4-15(25)11-16/h1-11H,12-13H2,(H,26,29). The van der Waals surface area contributed by atoms with Gasteiger partial charge in [0.15, 0.2) is 0 Å². The molecule has 0 bridgehead atoms. The summed E-state index contributed by atoms with van der Waals surface area (Å²) >= 11 is 12.1. The number of benzene rings is 3. The second-order valence-corrected chi connectivity index (χ2v) is 7.37. The third-order valence-electron chi connectivity index (χ3n) is 4.39. The Bertz CT molecular complexity index is 1230. The molecule has 3 aromatic carbocycles. The Morgan fingerprint density at radius 1 is 1.07 bits per heavy atom. The molecule has 0 saturated heterocycles. The highest BCUT2D eigenvalue weighted by Crippen LogP contribution is 2.28. The third-order valence-corrected chi connectivity index (χ3v) is 4.92. The highest BCUT2D eigenvalue weighted by molar-refractivity contribution is 6.35. The number of fused-ring (bicyclic) bond motifs is 1. The van der Waals surface area contributed by atoms with Gasteiger partial charge in [-0.1, -0.05) is 41.4 Å². The van der Waals surface area contributed by atoms with E-state index in [9.17, 15) is 9.18 Å². The SMILES string of the molecule is O=C(Cn1c(COc2ccc(Cl)cc2Cl)nc2ccccc21)Nc1cccc(F)c1. The van der Waals surface area contributed by atoms with Gasteiger partial charge in [0.1, 0.15) is 30.5 Å². The van der Waals surface area contributed by atoms with E-state index in [1.165, 1.54) is 18.2 Å². The van der Waals surface area contributed by atoms with Gasteiger partial charge < -0.3 is 14.6 Å². The van der Waals surface area contributed by atoms with E-state index in [0.717, 1.165) is 11.0 Å². The van der Waals surface area contributed by atoms with Crippen molar-refractivity contribution in [2.24, 2.45) is 0 Å². The van der Waals surface area contributed by atoms with Crippen LogP contribution in [0.25, 0.3) is 11.0 Å². The van der Waals surface area contributed by atoms with Gasteiger partial charge in [-0.25, -0.2) is 9.37 Å². The normalized spacial score (nSPS) is 10.9. The maximum absolute atomic E-state index is 13.4. The summed E-state index contributed by atoms with van der Waals surface area (Å²) in [5.74, 6) is 0.282. The Labute approximate surface area is 182 Å². The first kappa shape index (κ1) is 20.2. The Morgan fingerprint density at radius 2 is 1.90 bits per heavy atom. The number of aromatic nitrogens is 2. The molecule has 0 aliphatic rings. The van der Waals surface area contributed by atoms with Crippen molar-refractivity contribution in [3.05, 3.63) is 88.4 Å². The molecule has 1 heterocycles. The van der Waals surface area contributed by atoms with Gasteiger partial charge in [0, 0.05) is 10.7 Å². The van der Waals surface area contributed by atoms with E-state index in [4.69, 9.17) is 27.9 Å². The number of carbonyl (C=O) groups excluding carboxylic acids is 1. The molecule has 0 atom stereocenters. The number of hydrogen-bond donors (Lipinski definition) is 1. The summed E-state index contributed by atoms with van der Waals surface area (Å²) in [6.07, 6.45) is 0. The van der Waals surface area contributed by atoms with Crippen LogP contribution < -0.4 is 10.1 Å². The molecule has 4 aromatic rings. The Kier molecular flexibility index (Phi) is 5.88. The molecule has 1 N–H and O–H groups in total. The summed E-state index contributed by atoms with van der Waals surface area (Å²) in [6, 6.07) is 18.1. The van der Waals surface area contributed by atoms with Crippen molar-refractivity contribution in [3.63, 3.8) is 0 Å². The molecule has 0 aliphatic carbocycles. The van der Waals surface area contributed by atoms with Crippen LogP contribution in [0, 0.1) is 5.82 Å². The Morgan fingerprint density at radius 3 is 2.70 bits per heavy atom. The summed E-state index contributed by atoms with van der Waals surface area (Å²) in [5.41, 5.74) is 1.90. The zero-order valence-corrected chi connectivity index (χ0v) is 17.1. The van der Waals surface area contributed by atoms with Crippen molar-refractivity contribution >= 4 is 45.8 Å². The fraction of sp³-hybridized carbons (Fsp3) is 0.0909. The fourth-order valence-electron chi connectivity index (χ4n) is 3.06. The lowest BCUT2D eigenvalue weighted by Gasteiger charge is -2.12. The molecule has 1 aromatic heterocycles. The number of imidazole rings is 1. The van der Waals surface area contributed by atoms with Gasteiger partial charge in [0.05, 0.1) is 16.1 Å². The van der Waals surface area contributed by atoms with Crippen molar-refractivity contribution in [1.82, 2.24) is 9.55 Å². The molecule has 0 fully saturated rings. The second-order valence-electron chi connectivity index (χ2n) is 6.52. The molecule has 4 rings (SSSR count). The number of anilines is 1. The Hall–Kier alpha value is -3.09. The van der Waals surface area contributed by atoms with Crippen molar-refractivity contribution in [2.45, 2.75) is 13.2 Å². The van der Waals surface area contributed by atoms with E-state index in [0.29, 0.717) is 27.3 Å². The maximum atomic E-state index is 13.4. The van der Waals surface area contributed by atoms with Gasteiger partial charge >= 0.3 is 0 Å². The van der Waals surface area contributed by atoms with Crippen LogP contribution in [0.15, 0.2) is 66.7 Å². The highest BCUT2D eigenvalue weighted by Gasteiger charge is 2.15. The van der Waals surface area contributed by atoms with E-state index in [-0.39, 0.29) is 19.1 Å². The van der Waals surface area contributed by atoms with Crippen LogP contribution in [0.4, 0.5) is 10.1 Å². The average Bonchev–Trinajstić information content (AvgIpc) is 3.05. The lowest BCUT2D eigenvalue weighted by molar-refractivity contribution is -0.116. The van der Waals surface area contributed by atoms with Gasteiger partial charge in [-0.15, -0.1) is 0 Å². The van der Waals surface area contributed by atoms with Crippen LogP contribution in [-0.2, 0) is 17.9 Å². The minimum Gasteiger partial charge on any atom is -0.484 e. The van der Waals surface area contributed by atoms with Gasteiger partial charge in [-0.05, 0) is 48.5 Å². The van der Waals surface area contributed by atoms with Crippen LogP contribution in [0.1, 0.15) is 5.82 Å². The molecule has 1 amide bonds. The largest absolute Gasteiger partial charge is 0.484 e. The molecule has 0 unspecified atom stereocenters. The minimum atomic E-state index is -0.421. The zero-order valence-electron chi connectivity index (χ0n) is 15.6. The number of nitrogens with one attached hydrogen (secondary N) is 1. The smallest absolute Gasteiger partial charge is 0.244 e. The van der Waals surface area contributed by atoms with Crippen LogP contribution in [0.3, 0.4) is 0 Å². The predicted octanol–water partition coefficient (Wildman–Crippen LogP) is 5.70. The summed E-state index contributed by atoms with van der Waals surface area (Å²) < 4.78 is 21.0. The van der Waals surface area contributed by atoms with E-state index in [1.54, 1.807) is 28.8 Å². The molecule has 152 valence electrons. The van der Waals surface area contributed by atoms with Crippen molar-refractivity contribution in [1.29, 1.82) is 0 Å². The molecule has 30 heavy (non-hydrogen) atoms. The van der Waals surface area contributed by atoms with Gasteiger partial charge in [-0.2, -0.15) is 0 Å². The summed E-state index contributed by atoms with van der Waals surface area (Å²) in [5, 5.41) is 3.59. The number of ether oxygens (including phenoxy) is 1. The van der Waals surface area contributed by atoms with Gasteiger partial charge in [0.2, 0.25) is 5.91 Å². The fourth-order valence-corrected chi connectivity index (χ4v) is 3.52. The van der Waals surface area contributed by atoms with Crippen molar-refractivity contribution < 1.29 is 13.9 Å². The van der Waals surface area contributed by atoms with E-state index < -0.39 is 5.82 Å². The van der Waals surface area contributed by atoms with Gasteiger partial charge in [0.25, 0.3) is 0 Å². The molecule has 0 radical (unpaired) electrons. The van der Waals surface area contributed by atoms with Crippen molar-refractivity contribution in [2.75, 3.05) is 5.32 Å². The zero-order chi connectivity index (χ0) is 21.1. The van der Waals surface area contributed by atoms with Crippen LogP contribution in [0.2, 0.25) is 10.0 Å². The molecule has 0 saturated carbocycles. The first-order valence-corrected chi connectivity index (χ1v) is 9.82. The first-order valence-electron chi connectivity index (χ1n) is 9.07. The molecule has 8 heteroatoms. The minimum absolute atomic E-state index is 0.00985. The van der Waals surface area contributed by atoms with Crippen LogP contribution in [-0.4, -0.2) is 15.5 Å². The third kappa shape index (κ3) is 4.56. The molecular weight excluding hydrogens is 428 g/mol. The molecule has 0 spiro atoms. The molecule has 5 nitrogen and oxygen atoms in total. The van der Waals surface area contributed by atoms with Crippen LogP contribution >= 0.6 is 23.2 Å². The second kappa shape index (κ2) is 8.73. The average molecular weight is 444 g/mol. The van der Waals surface area contributed by atoms with E-state index in [2.05, 4.69) is 10.3 Å². The number of amides is 1. The summed E-state index contributed by atoms with van der Waals surface area (Å²) in [6.45, 7) is 0.0906. The first-order chi connectivity index (χ1) is 14.5. The van der Waals surface area contributed by atoms with Crippen LogP contribution in [0.5, 0.6) is 5.75 Å². The Balaban J connectivity index is 1.57. The molecular formula is C22H16Cl2FN3O2. The highest BCUT2D eigenvalue weighted by atomic mass is 35.5. The van der Waals surface area contributed by atoms with Crippen molar-refractivity contribution in [3.8, 4) is 5.75 Å². The van der Waals surface area contributed by atoms with Gasteiger partial charge in [-0.3, -0.25) is 4.79 Å². The molecule has 0 aliphatic heterocycles. The quantitative estimate of drug-likeness (QED) is 0.415. The number of nitrogens with zero attached hydrogens (tertiary/aromatic N) is 2. The predicted molar refractivity (Wildman–Crippen MR) is 116 cm³/mol. The number of carbonyl (C=O) groups is 1. The number of rotatable bonds is 6. The monoisotopic (exact) mass is 443 g/mol. The lowest BCUT2D eigenvalue weighted by Crippen LogP contribution is -2.20. The van der Waals surface area contributed by atoms with E-state index in [1.807, 2.05) is 24.3 Å². The number of halogens is 3. The van der Waals surface area contributed by atoms with E-state index >= 15 is 0 Å². The lowest BCUT2D eigenvalue weighted by atomic mass is 10.3. The summed E-state index contributed by atoms with van der Waals surface area (Å²) in [4.78, 5) is 17.2. The maximum Gasteiger partial charge on any atom is 0.244 e. The number of hydrogen-bond acceptors (Lipinski definition) is 3. The number of para-hydroxylation sites is 2. The summed E-state index contributed by atoms with van der Waals surface area (Å²) in [7, 11) is 0. The topological polar surface area (TPSA) is 56.2 Å².